The highest BCUT2D eigenvalue weighted by atomic mass is 35.5. The van der Waals surface area contributed by atoms with E-state index in [1.807, 2.05) is 6.92 Å². The van der Waals surface area contributed by atoms with Crippen molar-refractivity contribution in [1.82, 2.24) is 20.1 Å². The van der Waals surface area contributed by atoms with E-state index in [-0.39, 0.29) is 13.2 Å². The van der Waals surface area contributed by atoms with Gasteiger partial charge in [-0.05, 0) is 19.1 Å². The molecule has 1 saturated heterocycles. The van der Waals surface area contributed by atoms with Crippen molar-refractivity contribution in [3.8, 4) is 5.75 Å². The quantitative estimate of drug-likeness (QED) is 0.298. The molecule has 3 rings (SSSR count). The zero-order valence-electron chi connectivity index (χ0n) is 22.6. The molecule has 1 aromatic carbocycles. The smallest absolute Gasteiger partial charge is 0.303 e. The molecular weight excluding hydrogens is 568 g/mol. The molecule has 1 fully saturated rings. The van der Waals surface area contributed by atoms with E-state index in [4.69, 9.17) is 35.3 Å². The number of ether oxygens (including phenoxy) is 5. The molecule has 2 aromatic rings. The minimum Gasteiger partial charge on any atom is -0.484 e. The van der Waals surface area contributed by atoms with Crippen LogP contribution in [-0.2, 0) is 51.3 Å². The normalized spacial score (nSPS) is 22.2. The van der Waals surface area contributed by atoms with Crippen molar-refractivity contribution < 1.29 is 42.9 Å². The molecule has 1 aliphatic heterocycles. The van der Waals surface area contributed by atoms with Crippen molar-refractivity contribution in [2.75, 3.05) is 6.61 Å². The number of hydrogen-bond acceptors (Lipinski definition) is 12. The second kappa shape index (κ2) is 14.3. The predicted molar refractivity (Wildman–Crippen MR) is 141 cm³/mol. The molecule has 0 saturated carbocycles. The lowest BCUT2D eigenvalue weighted by atomic mass is 9.97. The Morgan fingerprint density at radius 2 is 1.70 bits per heavy atom. The van der Waals surface area contributed by atoms with E-state index < -0.39 is 53.6 Å². The Bertz CT molecular complexity index is 1230. The predicted octanol–water partition coefficient (Wildman–Crippen LogP) is 2.28. The number of amides is 1. The SMILES string of the molecule is CCn1c(COc2ccccc2Cl)nnc1S[C@@H]1O[C@@H](COC(C)=O)[C@@H](OC(C)=O)[C@@H](OC(C)=O)[C@@H]1NC(C)=O. The van der Waals surface area contributed by atoms with E-state index in [2.05, 4.69) is 15.5 Å². The van der Waals surface area contributed by atoms with Crippen LogP contribution in [0.4, 0.5) is 0 Å². The molecule has 5 atom stereocenters. The Kier molecular flexibility index (Phi) is 11.2. The van der Waals surface area contributed by atoms with Gasteiger partial charge in [-0.3, -0.25) is 19.2 Å². The maximum absolute atomic E-state index is 12.2. The summed E-state index contributed by atoms with van der Waals surface area (Å²) >= 11 is 7.29. The van der Waals surface area contributed by atoms with Crippen LogP contribution in [0.3, 0.4) is 0 Å². The summed E-state index contributed by atoms with van der Waals surface area (Å²) in [6.45, 7) is 7.01. The minimum absolute atomic E-state index is 0.0749. The van der Waals surface area contributed by atoms with Gasteiger partial charge in [-0.25, -0.2) is 0 Å². The Hall–Kier alpha value is -3.36. The lowest BCUT2D eigenvalue weighted by Gasteiger charge is -2.44. The van der Waals surface area contributed by atoms with Crippen LogP contribution in [0.2, 0.25) is 5.02 Å². The molecule has 218 valence electrons. The number of nitrogens with zero attached hydrogens (tertiary/aromatic N) is 3. The van der Waals surface area contributed by atoms with Crippen molar-refractivity contribution in [2.24, 2.45) is 0 Å². The molecule has 1 aliphatic rings. The number of thioether (sulfide) groups is 1. The van der Waals surface area contributed by atoms with Crippen LogP contribution in [0.15, 0.2) is 29.4 Å². The van der Waals surface area contributed by atoms with Gasteiger partial charge in [0.05, 0.1) is 5.02 Å². The number of benzene rings is 1. The zero-order valence-corrected chi connectivity index (χ0v) is 24.2. The molecule has 40 heavy (non-hydrogen) atoms. The maximum Gasteiger partial charge on any atom is 0.303 e. The largest absolute Gasteiger partial charge is 0.484 e. The van der Waals surface area contributed by atoms with Crippen molar-refractivity contribution >= 4 is 47.2 Å². The van der Waals surface area contributed by atoms with E-state index >= 15 is 0 Å². The molecule has 0 unspecified atom stereocenters. The van der Waals surface area contributed by atoms with Gasteiger partial charge < -0.3 is 33.6 Å². The van der Waals surface area contributed by atoms with Crippen LogP contribution in [-0.4, -0.2) is 75.0 Å². The lowest BCUT2D eigenvalue weighted by molar-refractivity contribution is -0.211. The number of para-hydroxylation sites is 1. The number of hydrogen-bond donors (Lipinski definition) is 1. The van der Waals surface area contributed by atoms with Crippen LogP contribution >= 0.6 is 23.4 Å². The summed E-state index contributed by atoms with van der Waals surface area (Å²) in [7, 11) is 0. The molecule has 0 bridgehead atoms. The van der Waals surface area contributed by atoms with Crippen LogP contribution in [0, 0.1) is 0 Å². The number of carbonyl (C=O) groups excluding carboxylic acids is 4. The van der Waals surface area contributed by atoms with E-state index in [0.29, 0.717) is 28.3 Å². The van der Waals surface area contributed by atoms with Crippen molar-refractivity contribution in [2.45, 2.75) is 82.7 Å². The van der Waals surface area contributed by atoms with Crippen LogP contribution < -0.4 is 10.1 Å². The van der Waals surface area contributed by atoms with Gasteiger partial charge in [0, 0.05) is 34.2 Å². The van der Waals surface area contributed by atoms with Crippen LogP contribution in [0.1, 0.15) is 40.4 Å². The molecule has 0 radical (unpaired) electrons. The number of nitrogens with one attached hydrogen (secondary N) is 1. The third-order valence-electron chi connectivity index (χ3n) is 5.60. The molecule has 1 N–H and O–H groups in total. The van der Waals surface area contributed by atoms with Gasteiger partial charge in [-0.1, -0.05) is 35.5 Å². The van der Waals surface area contributed by atoms with E-state index in [1.54, 1.807) is 28.8 Å². The lowest BCUT2D eigenvalue weighted by Crippen LogP contribution is -2.65. The molecular formula is C25H31ClN4O9S. The monoisotopic (exact) mass is 598 g/mol. The number of carbonyl (C=O) groups is 4. The van der Waals surface area contributed by atoms with Crippen molar-refractivity contribution in [3.05, 3.63) is 35.1 Å². The first-order valence-electron chi connectivity index (χ1n) is 12.4. The topological polar surface area (TPSA) is 157 Å². The zero-order chi connectivity index (χ0) is 29.4. The molecule has 0 spiro atoms. The van der Waals surface area contributed by atoms with E-state index in [9.17, 15) is 19.2 Å². The average molecular weight is 599 g/mol. The van der Waals surface area contributed by atoms with Crippen molar-refractivity contribution in [3.63, 3.8) is 0 Å². The minimum atomic E-state index is -1.18. The van der Waals surface area contributed by atoms with Gasteiger partial charge in [0.25, 0.3) is 0 Å². The molecule has 13 nitrogen and oxygen atoms in total. The van der Waals surface area contributed by atoms with Crippen LogP contribution in [0.5, 0.6) is 5.75 Å². The van der Waals surface area contributed by atoms with Gasteiger partial charge >= 0.3 is 17.9 Å². The summed E-state index contributed by atoms with van der Waals surface area (Å²) in [5.74, 6) is -1.40. The third-order valence-corrected chi connectivity index (χ3v) is 7.06. The highest BCUT2D eigenvalue weighted by molar-refractivity contribution is 7.99. The Balaban J connectivity index is 1.93. The number of esters is 3. The molecule has 15 heteroatoms. The standard InChI is InChI=1S/C25H31ClN4O9S/c1-6-30-20(12-36-18-10-8-7-9-17(18)26)28-29-25(30)40-24-21(27-13(2)31)23(38-16(5)34)22(37-15(4)33)19(39-24)11-35-14(3)32/h7-10,19,21-24H,6,11-12H2,1-5H3,(H,27,31)/t19-,21-,22+,23-,24-/m0/s1. The second-order valence-corrected chi connectivity index (χ2v) is 10.2. The fourth-order valence-corrected chi connectivity index (χ4v) is 5.45. The summed E-state index contributed by atoms with van der Waals surface area (Å²) in [5.41, 5.74) is -0.924. The summed E-state index contributed by atoms with van der Waals surface area (Å²) in [6.07, 6.45) is -3.38. The van der Waals surface area contributed by atoms with E-state index in [1.165, 1.54) is 27.7 Å². The molecule has 1 amide bonds. The fourth-order valence-electron chi connectivity index (χ4n) is 4.03. The summed E-state index contributed by atoms with van der Waals surface area (Å²) < 4.78 is 29.9. The van der Waals surface area contributed by atoms with Gasteiger partial charge in [0.2, 0.25) is 5.91 Å². The molecule has 2 heterocycles. The average Bonchev–Trinajstić information content (AvgIpc) is 3.26. The Morgan fingerprint density at radius 1 is 1.02 bits per heavy atom. The van der Waals surface area contributed by atoms with E-state index in [0.717, 1.165) is 11.8 Å². The summed E-state index contributed by atoms with van der Waals surface area (Å²) in [5, 5.41) is 12.1. The first-order valence-corrected chi connectivity index (χ1v) is 13.6. The van der Waals surface area contributed by atoms with Gasteiger partial charge in [0.1, 0.15) is 36.5 Å². The number of aromatic nitrogens is 3. The fraction of sp³-hybridized carbons (Fsp3) is 0.520. The first-order chi connectivity index (χ1) is 19.0. The van der Waals surface area contributed by atoms with Gasteiger partial charge in [0.15, 0.2) is 23.2 Å². The van der Waals surface area contributed by atoms with Gasteiger partial charge in [-0.15, -0.1) is 10.2 Å². The highest BCUT2D eigenvalue weighted by Gasteiger charge is 2.51. The Labute approximate surface area is 240 Å². The van der Waals surface area contributed by atoms with Crippen LogP contribution in [0.25, 0.3) is 0 Å². The molecule has 0 aliphatic carbocycles. The van der Waals surface area contributed by atoms with Crippen molar-refractivity contribution in [1.29, 1.82) is 0 Å². The number of halogens is 1. The number of rotatable bonds is 11. The molecule has 1 aromatic heterocycles. The second-order valence-electron chi connectivity index (χ2n) is 8.70. The Morgan fingerprint density at radius 3 is 2.30 bits per heavy atom. The van der Waals surface area contributed by atoms with Gasteiger partial charge in [-0.2, -0.15) is 0 Å². The summed E-state index contributed by atoms with van der Waals surface area (Å²) in [4.78, 5) is 47.8. The third kappa shape index (κ3) is 8.32. The highest BCUT2D eigenvalue weighted by Crippen LogP contribution is 2.36. The summed E-state index contributed by atoms with van der Waals surface area (Å²) in [6, 6.07) is 6.05. The maximum atomic E-state index is 12.2. The first kappa shape index (κ1) is 31.2.